The Bertz CT molecular complexity index is 554. The molecule has 1 amide bonds. The van der Waals surface area contributed by atoms with Crippen molar-refractivity contribution >= 4 is 11.7 Å². The third-order valence-corrected chi connectivity index (χ3v) is 2.87. The highest BCUT2D eigenvalue weighted by Crippen LogP contribution is 2.20. The van der Waals surface area contributed by atoms with Crippen LogP contribution < -0.4 is 4.74 Å². The van der Waals surface area contributed by atoms with Gasteiger partial charge < -0.3 is 9.64 Å². The molecule has 114 valence electrons. The van der Waals surface area contributed by atoms with Crippen molar-refractivity contribution in [2.24, 2.45) is 0 Å². The van der Waals surface area contributed by atoms with Gasteiger partial charge in [-0.3, -0.25) is 9.59 Å². The van der Waals surface area contributed by atoms with Crippen LogP contribution in [-0.2, 0) is 4.79 Å². The lowest BCUT2D eigenvalue weighted by Gasteiger charge is -2.21. The van der Waals surface area contributed by atoms with Crippen molar-refractivity contribution < 1.29 is 18.7 Å². The van der Waals surface area contributed by atoms with Crippen LogP contribution in [0, 0.1) is 5.82 Å². The maximum absolute atomic E-state index is 13.1. The lowest BCUT2D eigenvalue weighted by atomic mass is 10.1. The molecule has 1 rings (SSSR count). The molecule has 0 fully saturated rings. The summed E-state index contributed by atoms with van der Waals surface area (Å²) in [5.74, 6) is -0.828. The van der Waals surface area contributed by atoms with E-state index in [4.69, 9.17) is 4.74 Å². The molecule has 0 unspecified atom stereocenters. The molecule has 0 atom stereocenters. The van der Waals surface area contributed by atoms with Gasteiger partial charge in [-0.1, -0.05) is 12.2 Å². The summed E-state index contributed by atoms with van der Waals surface area (Å²) in [6, 6.07) is 3.65. The number of carbonyl (C=O) groups is 2. The van der Waals surface area contributed by atoms with Crippen molar-refractivity contribution in [1.29, 1.82) is 0 Å². The Hall–Kier alpha value is -2.17. The van der Waals surface area contributed by atoms with Gasteiger partial charge in [0, 0.05) is 13.1 Å². The molecule has 1 aromatic rings. The molecule has 0 aliphatic heterocycles. The lowest BCUT2D eigenvalue weighted by Crippen LogP contribution is -2.36. The first kappa shape index (κ1) is 16.9. The molecule has 21 heavy (non-hydrogen) atoms. The Morgan fingerprint density at radius 1 is 1.33 bits per heavy atom. The summed E-state index contributed by atoms with van der Waals surface area (Å²) in [6.07, 6.45) is 0. The molecule has 0 bridgehead atoms. The summed E-state index contributed by atoms with van der Waals surface area (Å²) >= 11 is 0. The normalized spacial score (nSPS) is 10.1. The molecule has 0 aromatic heterocycles. The van der Waals surface area contributed by atoms with Gasteiger partial charge in [0.1, 0.15) is 11.6 Å². The van der Waals surface area contributed by atoms with Gasteiger partial charge in [-0.25, -0.2) is 4.39 Å². The van der Waals surface area contributed by atoms with E-state index < -0.39 is 5.82 Å². The number of rotatable bonds is 7. The van der Waals surface area contributed by atoms with Crippen molar-refractivity contribution in [3.8, 4) is 5.75 Å². The highest BCUT2D eigenvalue weighted by atomic mass is 19.1. The number of hydrogen-bond donors (Lipinski definition) is 0. The summed E-state index contributed by atoms with van der Waals surface area (Å²) in [4.78, 5) is 25.1. The standard InChI is InChI=1S/C16H20FNO3/c1-5-18(9-11(2)3)16(20)10-21-15-7-6-13(17)8-14(15)12(4)19/h6-8H,2,5,9-10H2,1,3-4H3. The first-order valence-electron chi connectivity index (χ1n) is 6.70. The number of amides is 1. The zero-order valence-electron chi connectivity index (χ0n) is 12.6. The maximum atomic E-state index is 13.1. The summed E-state index contributed by atoms with van der Waals surface area (Å²) in [6.45, 7) is 9.59. The minimum atomic E-state index is -0.517. The van der Waals surface area contributed by atoms with Gasteiger partial charge in [-0.2, -0.15) is 0 Å². The molecule has 0 saturated heterocycles. The fraction of sp³-hybridized carbons (Fsp3) is 0.375. The molecule has 0 spiro atoms. The van der Waals surface area contributed by atoms with E-state index in [9.17, 15) is 14.0 Å². The van der Waals surface area contributed by atoms with Crippen LogP contribution in [0.1, 0.15) is 31.1 Å². The smallest absolute Gasteiger partial charge is 0.260 e. The van der Waals surface area contributed by atoms with Gasteiger partial charge in [0.25, 0.3) is 5.91 Å². The number of ether oxygens (including phenoxy) is 1. The summed E-state index contributed by atoms with van der Waals surface area (Å²) in [5, 5.41) is 0. The zero-order valence-corrected chi connectivity index (χ0v) is 12.6. The minimum absolute atomic E-state index is 0.130. The number of nitrogens with zero attached hydrogens (tertiary/aromatic N) is 1. The van der Waals surface area contributed by atoms with Crippen molar-refractivity contribution in [2.75, 3.05) is 19.7 Å². The van der Waals surface area contributed by atoms with Crippen LogP contribution in [0.5, 0.6) is 5.75 Å². The third-order valence-electron chi connectivity index (χ3n) is 2.87. The van der Waals surface area contributed by atoms with Gasteiger partial charge in [0.2, 0.25) is 0 Å². The van der Waals surface area contributed by atoms with Crippen molar-refractivity contribution in [3.05, 3.63) is 41.7 Å². The van der Waals surface area contributed by atoms with E-state index in [0.717, 1.165) is 11.6 Å². The number of ketones is 1. The highest BCUT2D eigenvalue weighted by molar-refractivity contribution is 5.96. The Labute approximate surface area is 124 Å². The Balaban J connectivity index is 2.77. The van der Waals surface area contributed by atoms with Crippen LogP contribution in [0.25, 0.3) is 0 Å². The quantitative estimate of drug-likeness (QED) is 0.573. The monoisotopic (exact) mass is 293 g/mol. The second-order valence-electron chi connectivity index (χ2n) is 4.85. The lowest BCUT2D eigenvalue weighted by molar-refractivity contribution is -0.132. The van der Waals surface area contributed by atoms with Crippen molar-refractivity contribution in [2.45, 2.75) is 20.8 Å². The molecule has 1 aromatic carbocycles. The molecule has 0 aliphatic carbocycles. The van der Waals surface area contributed by atoms with E-state index in [1.54, 1.807) is 4.90 Å². The van der Waals surface area contributed by atoms with Crippen LogP contribution >= 0.6 is 0 Å². The van der Waals surface area contributed by atoms with E-state index >= 15 is 0 Å². The van der Waals surface area contributed by atoms with Crippen LogP contribution in [0.3, 0.4) is 0 Å². The van der Waals surface area contributed by atoms with E-state index in [1.807, 2.05) is 13.8 Å². The van der Waals surface area contributed by atoms with Crippen LogP contribution in [-0.4, -0.2) is 36.3 Å². The number of benzene rings is 1. The van der Waals surface area contributed by atoms with E-state index in [1.165, 1.54) is 19.1 Å². The van der Waals surface area contributed by atoms with Crippen LogP contribution in [0.4, 0.5) is 4.39 Å². The van der Waals surface area contributed by atoms with Crippen molar-refractivity contribution in [1.82, 2.24) is 4.90 Å². The SMILES string of the molecule is C=C(C)CN(CC)C(=O)COc1ccc(F)cc1C(C)=O. The molecular formula is C16H20FNO3. The summed E-state index contributed by atoms with van der Waals surface area (Å²) < 4.78 is 18.5. The molecule has 0 aliphatic rings. The van der Waals surface area contributed by atoms with Gasteiger partial charge >= 0.3 is 0 Å². The summed E-state index contributed by atoms with van der Waals surface area (Å²) in [7, 11) is 0. The predicted molar refractivity (Wildman–Crippen MR) is 79.0 cm³/mol. The molecule has 4 nitrogen and oxygen atoms in total. The van der Waals surface area contributed by atoms with Gasteiger partial charge in [0.15, 0.2) is 12.4 Å². The first-order chi connectivity index (χ1) is 9.85. The molecular weight excluding hydrogens is 273 g/mol. The van der Waals surface area contributed by atoms with Gasteiger partial charge in [-0.05, 0) is 39.0 Å². The minimum Gasteiger partial charge on any atom is -0.483 e. The number of hydrogen-bond acceptors (Lipinski definition) is 3. The third kappa shape index (κ3) is 5.02. The Kier molecular flexibility index (Phi) is 6.09. The van der Waals surface area contributed by atoms with Gasteiger partial charge in [0.05, 0.1) is 5.56 Å². The fourth-order valence-corrected chi connectivity index (χ4v) is 1.84. The molecule has 0 N–H and O–H groups in total. The highest BCUT2D eigenvalue weighted by Gasteiger charge is 2.15. The number of halogens is 1. The second-order valence-corrected chi connectivity index (χ2v) is 4.85. The molecule has 5 heteroatoms. The van der Waals surface area contributed by atoms with Crippen molar-refractivity contribution in [3.63, 3.8) is 0 Å². The van der Waals surface area contributed by atoms with Crippen LogP contribution in [0.15, 0.2) is 30.4 Å². The number of Topliss-reactive ketones (excluding diaryl/α,β-unsaturated/α-hetero) is 1. The number of carbonyl (C=O) groups excluding carboxylic acids is 2. The van der Waals surface area contributed by atoms with Crippen LogP contribution in [0.2, 0.25) is 0 Å². The largest absolute Gasteiger partial charge is 0.483 e. The maximum Gasteiger partial charge on any atom is 0.260 e. The zero-order chi connectivity index (χ0) is 16.0. The molecule has 0 saturated carbocycles. The topological polar surface area (TPSA) is 46.6 Å². The predicted octanol–water partition coefficient (Wildman–Crippen LogP) is 2.83. The molecule has 0 radical (unpaired) electrons. The Morgan fingerprint density at radius 2 is 2.00 bits per heavy atom. The van der Waals surface area contributed by atoms with E-state index in [0.29, 0.717) is 13.1 Å². The molecule has 0 heterocycles. The first-order valence-corrected chi connectivity index (χ1v) is 6.70. The number of likely N-dealkylation sites (N-methyl/N-ethyl adjacent to an activating group) is 1. The average Bonchev–Trinajstić information content (AvgIpc) is 2.42. The summed E-state index contributed by atoms with van der Waals surface area (Å²) in [5.41, 5.74) is 1.00. The van der Waals surface area contributed by atoms with E-state index in [2.05, 4.69) is 6.58 Å². The van der Waals surface area contributed by atoms with Gasteiger partial charge in [-0.15, -0.1) is 0 Å². The Morgan fingerprint density at radius 3 is 2.52 bits per heavy atom. The van der Waals surface area contributed by atoms with E-state index in [-0.39, 0.29) is 29.6 Å². The second kappa shape index (κ2) is 7.57. The fourth-order valence-electron chi connectivity index (χ4n) is 1.84. The average molecular weight is 293 g/mol.